The molecule has 0 spiro atoms. The highest BCUT2D eigenvalue weighted by molar-refractivity contribution is 5.69. The highest BCUT2D eigenvalue weighted by atomic mass is 16.5. The molecule has 0 heterocycles. The molecule has 0 bridgehead atoms. The molecule has 1 atom stereocenters. The maximum Gasteiger partial charge on any atom is 0.305 e. The van der Waals surface area contributed by atoms with Gasteiger partial charge in [0.25, 0.3) is 0 Å². The van der Waals surface area contributed by atoms with Crippen molar-refractivity contribution in [3.8, 4) is 0 Å². The van der Waals surface area contributed by atoms with Crippen LogP contribution in [0.2, 0.25) is 0 Å². The molecule has 0 amide bonds. The van der Waals surface area contributed by atoms with Crippen LogP contribution in [0.15, 0.2) is 0 Å². The predicted octanol–water partition coefficient (Wildman–Crippen LogP) is 2.13. The molecular formula is C11H22O3. The van der Waals surface area contributed by atoms with Crippen molar-refractivity contribution in [2.75, 3.05) is 7.11 Å². The minimum Gasteiger partial charge on any atom is -0.469 e. The van der Waals surface area contributed by atoms with E-state index in [2.05, 4.69) is 4.74 Å². The second-order valence-electron chi connectivity index (χ2n) is 4.59. The first-order valence-corrected chi connectivity index (χ1v) is 5.14. The molecule has 1 unspecified atom stereocenters. The van der Waals surface area contributed by atoms with Crippen molar-refractivity contribution in [3.63, 3.8) is 0 Å². The van der Waals surface area contributed by atoms with Gasteiger partial charge < -0.3 is 9.84 Å². The molecule has 0 aliphatic carbocycles. The summed E-state index contributed by atoms with van der Waals surface area (Å²) in [5.41, 5.74) is -0.592. The Morgan fingerprint density at radius 2 is 2.07 bits per heavy atom. The molecule has 0 saturated heterocycles. The van der Waals surface area contributed by atoms with Crippen LogP contribution in [0.4, 0.5) is 0 Å². The van der Waals surface area contributed by atoms with Crippen molar-refractivity contribution in [3.05, 3.63) is 0 Å². The van der Waals surface area contributed by atoms with Crippen molar-refractivity contribution in [1.82, 2.24) is 0 Å². The smallest absolute Gasteiger partial charge is 0.305 e. The highest BCUT2D eigenvalue weighted by Gasteiger charge is 2.14. The molecule has 0 aliphatic heterocycles. The molecule has 3 nitrogen and oxygen atoms in total. The van der Waals surface area contributed by atoms with Gasteiger partial charge in [-0.2, -0.15) is 0 Å². The normalized spacial score (nSPS) is 13.8. The van der Waals surface area contributed by atoms with Gasteiger partial charge in [-0.15, -0.1) is 0 Å². The van der Waals surface area contributed by atoms with Crippen molar-refractivity contribution in [2.45, 2.75) is 52.1 Å². The first kappa shape index (κ1) is 13.4. The summed E-state index contributed by atoms with van der Waals surface area (Å²) in [6.45, 7) is 5.64. The molecular weight excluding hydrogens is 180 g/mol. The molecule has 0 fully saturated rings. The zero-order valence-corrected chi connectivity index (χ0v) is 9.67. The number of hydrogen-bond donors (Lipinski definition) is 1. The Balaban J connectivity index is 3.54. The van der Waals surface area contributed by atoms with Crippen LogP contribution in [0.25, 0.3) is 0 Å². The molecule has 14 heavy (non-hydrogen) atoms. The van der Waals surface area contributed by atoms with E-state index in [1.165, 1.54) is 7.11 Å². The third-order valence-corrected chi connectivity index (χ3v) is 2.23. The number of rotatable bonds is 6. The van der Waals surface area contributed by atoms with E-state index in [9.17, 15) is 9.90 Å². The first-order chi connectivity index (χ1) is 6.35. The second-order valence-corrected chi connectivity index (χ2v) is 4.59. The van der Waals surface area contributed by atoms with E-state index in [1.54, 1.807) is 13.8 Å². The van der Waals surface area contributed by atoms with E-state index in [0.717, 1.165) is 19.3 Å². The lowest BCUT2D eigenvalue weighted by molar-refractivity contribution is -0.141. The van der Waals surface area contributed by atoms with Crippen LogP contribution in [-0.2, 0) is 9.53 Å². The van der Waals surface area contributed by atoms with E-state index < -0.39 is 5.60 Å². The summed E-state index contributed by atoms with van der Waals surface area (Å²) in [4.78, 5) is 10.9. The van der Waals surface area contributed by atoms with Gasteiger partial charge in [0.1, 0.15) is 0 Å². The fourth-order valence-electron chi connectivity index (χ4n) is 1.35. The van der Waals surface area contributed by atoms with Gasteiger partial charge in [-0.05, 0) is 26.2 Å². The molecule has 0 aliphatic rings. The largest absolute Gasteiger partial charge is 0.469 e. The van der Waals surface area contributed by atoms with E-state index >= 15 is 0 Å². The van der Waals surface area contributed by atoms with E-state index in [4.69, 9.17) is 0 Å². The zero-order valence-electron chi connectivity index (χ0n) is 9.67. The molecule has 84 valence electrons. The number of esters is 1. The molecule has 0 aromatic rings. The topological polar surface area (TPSA) is 46.5 Å². The fraction of sp³-hybridized carbons (Fsp3) is 0.909. The lowest BCUT2D eigenvalue weighted by Gasteiger charge is -2.17. The molecule has 0 aromatic carbocycles. The van der Waals surface area contributed by atoms with Crippen LogP contribution in [0, 0.1) is 5.92 Å². The standard InChI is InChI=1S/C11H22O3/c1-9(8-10(12)14-4)6-5-7-11(2,3)13/h9,13H,5-8H2,1-4H3. The summed E-state index contributed by atoms with van der Waals surface area (Å²) in [5.74, 6) is 0.186. The maximum atomic E-state index is 10.9. The Morgan fingerprint density at radius 3 is 2.50 bits per heavy atom. The van der Waals surface area contributed by atoms with Gasteiger partial charge in [0.2, 0.25) is 0 Å². The molecule has 0 saturated carbocycles. The van der Waals surface area contributed by atoms with Gasteiger partial charge >= 0.3 is 5.97 Å². The summed E-state index contributed by atoms with van der Waals surface area (Å²) in [6, 6.07) is 0. The summed E-state index contributed by atoms with van der Waals surface area (Å²) < 4.78 is 4.58. The SMILES string of the molecule is COC(=O)CC(C)CCCC(C)(C)O. The van der Waals surface area contributed by atoms with Gasteiger partial charge in [-0.1, -0.05) is 19.8 Å². The minimum atomic E-state index is -0.592. The van der Waals surface area contributed by atoms with E-state index in [0.29, 0.717) is 12.3 Å². The number of methoxy groups -OCH3 is 1. The zero-order chi connectivity index (χ0) is 11.2. The van der Waals surface area contributed by atoms with Gasteiger partial charge in [0.05, 0.1) is 12.7 Å². The molecule has 3 heteroatoms. The fourth-order valence-corrected chi connectivity index (χ4v) is 1.35. The second kappa shape index (κ2) is 6.02. The lowest BCUT2D eigenvalue weighted by Crippen LogP contribution is -2.18. The molecule has 0 rings (SSSR count). The Labute approximate surface area is 86.5 Å². The number of aliphatic hydroxyl groups is 1. The number of carbonyl (C=O) groups excluding carboxylic acids is 1. The average molecular weight is 202 g/mol. The van der Waals surface area contributed by atoms with Crippen molar-refractivity contribution in [1.29, 1.82) is 0 Å². The Morgan fingerprint density at radius 1 is 1.50 bits per heavy atom. The van der Waals surface area contributed by atoms with Crippen LogP contribution in [-0.4, -0.2) is 23.8 Å². The van der Waals surface area contributed by atoms with Crippen LogP contribution in [0.3, 0.4) is 0 Å². The van der Waals surface area contributed by atoms with Crippen LogP contribution >= 0.6 is 0 Å². The van der Waals surface area contributed by atoms with Crippen molar-refractivity contribution >= 4 is 5.97 Å². The van der Waals surface area contributed by atoms with Crippen LogP contribution in [0.5, 0.6) is 0 Å². The number of carbonyl (C=O) groups is 1. The maximum absolute atomic E-state index is 10.9. The number of hydrogen-bond acceptors (Lipinski definition) is 3. The van der Waals surface area contributed by atoms with Crippen molar-refractivity contribution in [2.24, 2.45) is 5.92 Å². The third-order valence-electron chi connectivity index (χ3n) is 2.23. The number of ether oxygens (including phenoxy) is 1. The van der Waals surface area contributed by atoms with Gasteiger partial charge in [-0.3, -0.25) is 4.79 Å². The summed E-state index contributed by atoms with van der Waals surface area (Å²) >= 11 is 0. The van der Waals surface area contributed by atoms with Crippen LogP contribution < -0.4 is 0 Å². The Bertz CT molecular complexity index is 170. The first-order valence-electron chi connectivity index (χ1n) is 5.14. The summed E-state index contributed by atoms with van der Waals surface area (Å²) in [6.07, 6.45) is 3.15. The van der Waals surface area contributed by atoms with E-state index in [-0.39, 0.29) is 5.97 Å². The highest BCUT2D eigenvalue weighted by Crippen LogP contribution is 2.17. The van der Waals surface area contributed by atoms with Crippen LogP contribution in [0.1, 0.15) is 46.5 Å². The summed E-state index contributed by atoms with van der Waals surface area (Å²) in [7, 11) is 1.41. The summed E-state index contributed by atoms with van der Waals surface area (Å²) in [5, 5.41) is 9.47. The minimum absolute atomic E-state index is 0.152. The van der Waals surface area contributed by atoms with Gasteiger partial charge in [-0.25, -0.2) is 0 Å². The average Bonchev–Trinajstić information content (AvgIpc) is 2.01. The predicted molar refractivity (Wildman–Crippen MR) is 55.9 cm³/mol. The van der Waals surface area contributed by atoms with Gasteiger partial charge in [0, 0.05) is 6.42 Å². The Kier molecular flexibility index (Phi) is 5.77. The quantitative estimate of drug-likeness (QED) is 0.671. The Hall–Kier alpha value is -0.570. The lowest BCUT2D eigenvalue weighted by atomic mass is 9.95. The molecule has 1 N–H and O–H groups in total. The monoisotopic (exact) mass is 202 g/mol. The molecule has 0 radical (unpaired) electrons. The third kappa shape index (κ3) is 8.05. The van der Waals surface area contributed by atoms with Crippen molar-refractivity contribution < 1.29 is 14.6 Å². The van der Waals surface area contributed by atoms with E-state index in [1.807, 2.05) is 6.92 Å². The van der Waals surface area contributed by atoms with Gasteiger partial charge in [0.15, 0.2) is 0 Å². The molecule has 0 aromatic heterocycles.